The highest BCUT2D eigenvalue weighted by Crippen LogP contribution is 2.36. The molecule has 3 aromatic rings. The van der Waals surface area contributed by atoms with Crippen molar-refractivity contribution >= 4 is 0 Å². The molecule has 0 spiro atoms. The first-order valence-corrected chi connectivity index (χ1v) is 11.7. The van der Waals surface area contributed by atoms with Gasteiger partial charge in [0.1, 0.15) is 22.9 Å². The largest absolute Gasteiger partial charge is 0.573 e. The molecule has 0 unspecified atom stereocenters. The molecule has 38 heavy (non-hydrogen) atoms. The van der Waals surface area contributed by atoms with E-state index in [1.165, 1.54) is 12.1 Å². The highest BCUT2D eigenvalue weighted by Gasteiger charge is 2.41. The molecule has 0 aliphatic heterocycles. The van der Waals surface area contributed by atoms with E-state index < -0.39 is 52.8 Å². The summed E-state index contributed by atoms with van der Waals surface area (Å²) in [6.45, 7) is 1.95. The number of aryl methyl sites for hydroxylation is 3. The highest BCUT2D eigenvalue weighted by atomic mass is 19.4. The van der Waals surface area contributed by atoms with E-state index in [1.54, 1.807) is 0 Å². The maximum absolute atomic E-state index is 14.6. The number of halogens is 9. The van der Waals surface area contributed by atoms with Gasteiger partial charge in [0.25, 0.3) is 0 Å². The number of alkyl halides is 5. The SMILES string of the molecule is CCCCCc1cc(F)c(C(F)(F)Oc2ccc(CCc3cc(F)c(OC(F)(F)F)c(F)c3)cc2)c(F)c1. The quantitative estimate of drug-likeness (QED) is 0.176. The van der Waals surface area contributed by atoms with Crippen molar-refractivity contribution in [2.24, 2.45) is 0 Å². The first-order valence-electron chi connectivity index (χ1n) is 11.7. The van der Waals surface area contributed by atoms with Gasteiger partial charge in [0, 0.05) is 0 Å². The lowest BCUT2D eigenvalue weighted by molar-refractivity contribution is -0.276. The summed E-state index contributed by atoms with van der Waals surface area (Å²) in [6.07, 6.45) is -6.71. The second-order valence-electron chi connectivity index (χ2n) is 8.59. The summed E-state index contributed by atoms with van der Waals surface area (Å²) in [5.74, 6) is -7.88. The van der Waals surface area contributed by atoms with Crippen molar-refractivity contribution in [2.75, 3.05) is 0 Å². The van der Waals surface area contributed by atoms with Gasteiger partial charge in [-0.05, 0) is 78.8 Å². The Balaban J connectivity index is 1.65. The van der Waals surface area contributed by atoms with Crippen LogP contribution >= 0.6 is 0 Å². The van der Waals surface area contributed by atoms with Crippen LogP contribution in [0.1, 0.15) is 48.4 Å². The standard InChI is InChI=1S/C27H23F9O2/c1-2-3-4-5-17-12-20(28)24(21(29)13-17)26(32,33)37-19-10-8-16(9-11-19)6-7-18-14-22(30)25(23(31)15-18)38-27(34,35)36/h8-15H,2-7H2,1H3. The van der Waals surface area contributed by atoms with Crippen molar-refractivity contribution in [3.05, 3.63) is 94.1 Å². The number of rotatable bonds is 11. The Kier molecular flexibility index (Phi) is 9.22. The summed E-state index contributed by atoms with van der Waals surface area (Å²) in [4.78, 5) is 0. The van der Waals surface area contributed by atoms with Crippen molar-refractivity contribution in [3.8, 4) is 11.5 Å². The third-order valence-corrected chi connectivity index (χ3v) is 5.61. The lowest BCUT2D eigenvalue weighted by Gasteiger charge is -2.20. The predicted octanol–water partition coefficient (Wildman–Crippen LogP) is 8.79. The van der Waals surface area contributed by atoms with Crippen LogP contribution < -0.4 is 9.47 Å². The van der Waals surface area contributed by atoms with Crippen molar-refractivity contribution in [1.82, 2.24) is 0 Å². The second-order valence-corrected chi connectivity index (χ2v) is 8.59. The van der Waals surface area contributed by atoms with Crippen LogP contribution in [0.3, 0.4) is 0 Å². The summed E-state index contributed by atoms with van der Waals surface area (Å²) in [5, 5.41) is 0. The summed E-state index contributed by atoms with van der Waals surface area (Å²) in [7, 11) is 0. The zero-order chi connectivity index (χ0) is 28.1. The van der Waals surface area contributed by atoms with Crippen molar-refractivity contribution in [2.45, 2.75) is 57.9 Å². The average Bonchev–Trinajstić information content (AvgIpc) is 2.80. The molecule has 0 radical (unpaired) electrons. The van der Waals surface area contributed by atoms with Gasteiger partial charge in [-0.3, -0.25) is 0 Å². The van der Waals surface area contributed by atoms with Crippen molar-refractivity contribution in [1.29, 1.82) is 0 Å². The molecule has 0 fully saturated rings. The highest BCUT2D eigenvalue weighted by molar-refractivity contribution is 5.34. The lowest BCUT2D eigenvalue weighted by atomic mass is 10.0. The molecule has 3 aromatic carbocycles. The molecule has 0 aliphatic carbocycles. The maximum Gasteiger partial charge on any atom is 0.573 e. The van der Waals surface area contributed by atoms with Crippen molar-refractivity contribution < 1.29 is 49.0 Å². The van der Waals surface area contributed by atoms with Crippen LogP contribution in [0.5, 0.6) is 11.5 Å². The van der Waals surface area contributed by atoms with Crippen LogP contribution in [0.25, 0.3) is 0 Å². The van der Waals surface area contributed by atoms with Gasteiger partial charge in [0.2, 0.25) is 5.75 Å². The molecule has 11 heteroatoms. The summed E-state index contributed by atoms with van der Waals surface area (Å²) in [6, 6.07) is 8.06. The molecule has 0 atom stereocenters. The minimum Gasteiger partial charge on any atom is -0.429 e. The molecule has 0 aromatic heterocycles. The Hall–Kier alpha value is -3.37. The van der Waals surface area contributed by atoms with E-state index in [-0.39, 0.29) is 24.0 Å². The summed E-state index contributed by atoms with van der Waals surface area (Å²) < 4.78 is 130. The molecule has 0 bridgehead atoms. The maximum atomic E-state index is 14.6. The van der Waals surface area contributed by atoms with Gasteiger partial charge in [-0.1, -0.05) is 31.9 Å². The first kappa shape index (κ1) is 29.2. The molecule has 0 saturated carbocycles. The third-order valence-electron chi connectivity index (χ3n) is 5.61. The Morgan fingerprint density at radius 3 is 1.63 bits per heavy atom. The van der Waals surface area contributed by atoms with Gasteiger partial charge in [0.15, 0.2) is 11.6 Å². The van der Waals surface area contributed by atoms with Crippen LogP contribution in [0.15, 0.2) is 48.5 Å². The molecular weight excluding hydrogens is 527 g/mol. The van der Waals surface area contributed by atoms with Crippen LogP contribution in [0, 0.1) is 23.3 Å². The Morgan fingerprint density at radius 1 is 0.605 bits per heavy atom. The number of hydrogen-bond donors (Lipinski definition) is 0. The number of unbranched alkanes of at least 4 members (excludes halogenated alkanes) is 2. The van der Waals surface area contributed by atoms with Gasteiger partial charge >= 0.3 is 12.5 Å². The van der Waals surface area contributed by atoms with Crippen LogP contribution in [0.2, 0.25) is 0 Å². The monoisotopic (exact) mass is 550 g/mol. The zero-order valence-corrected chi connectivity index (χ0v) is 20.1. The molecule has 0 aliphatic rings. The summed E-state index contributed by atoms with van der Waals surface area (Å²) in [5.41, 5.74) is -0.709. The molecule has 3 rings (SSSR count). The Morgan fingerprint density at radius 2 is 1.11 bits per heavy atom. The Labute approximate surface area is 213 Å². The van der Waals surface area contributed by atoms with Gasteiger partial charge in [-0.15, -0.1) is 13.2 Å². The smallest absolute Gasteiger partial charge is 0.429 e. The van der Waals surface area contributed by atoms with E-state index in [1.807, 2.05) is 6.92 Å². The average molecular weight is 550 g/mol. The van der Waals surface area contributed by atoms with E-state index >= 15 is 0 Å². The van der Waals surface area contributed by atoms with Crippen molar-refractivity contribution in [3.63, 3.8) is 0 Å². The molecular formula is C27H23F9O2. The Bertz CT molecular complexity index is 1190. The predicted molar refractivity (Wildman–Crippen MR) is 121 cm³/mol. The van der Waals surface area contributed by atoms with E-state index in [2.05, 4.69) is 9.47 Å². The normalized spacial score (nSPS) is 12.1. The van der Waals surface area contributed by atoms with Crippen LogP contribution in [-0.4, -0.2) is 6.36 Å². The number of ether oxygens (including phenoxy) is 2. The fraction of sp³-hybridized carbons (Fsp3) is 0.333. The minimum absolute atomic E-state index is 0.00245. The topological polar surface area (TPSA) is 18.5 Å². The molecule has 206 valence electrons. The molecule has 2 nitrogen and oxygen atoms in total. The van der Waals surface area contributed by atoms with Gasteiger partial charge in [-0.2, -0.15) is 8.78 Å². The van der Waals surface area contributed by atoms with Crippen LogP contribution in [0.4, 0.5) is 39.5 Å². The van der Waals surface area contributed by atoms with Gasteiger partial charge in [-0.25, -0.2) is 17.6 Å². The molecule has 0 saturated heterocycles. The van der Waals surface area contributed by atoms with Gasteiger partial charge in [0.05, 0.1) is 0 Å². The van der Waals surface area contributed by atoms with E-state index in [4.69, 9.17) is 0 Å². The number of benzene rings is 3. The third kappa shape index (κ3) is 7.82. The second kappa shape index (κ2) is 12.0. The minimum atomic E-state index is -5.26. The first-order chi connectivity index (χ1) is 17.8. The van der Waals surface area contributed by atoms with E-state index in [0.717, 1.165) is 37.1 Å². The van der Waals surface area contributed by atoms with Gasteiger partial charge < -0.3 is 9.47 Å². The fourth-order valence-corrected chi connectivity index (χ4v) is 3.81. The zero-order valence-electron chi connectivity index (χ0n) is 20.1. The van der Waals surface area contributed by atoms with E-state index in [9.17, 15) is 39.5 Å². The number of hydrogen-bond acceptors (Lipinski definition) is 2. The van der Waals surface area contributed by atoms with E-state index in [0.29, 0.717) is 30.5 Å². The lowest BCUT2D eigenvalue weighted by Crippen LogP contribution is -2.25. The summed E-state index contributed by atoms with van der Waals surface area (Å²) >= 11 is 0. The molecule has 0 N–H and O–H groups in total. The molecule has 0 heterocycles. The molecule has 0 amide bonds. The van der Waals surface area contributed by atoms with Crippen LogP contribution in [-0.2, 0) is 25.4 Å². The fourth-order valence-electron chi connectivity index (χ4n) is 3.81.